The molecule has 0 fully saturated rings. The zero-order valence-electron chi connectivity index (χ0n) is 11.4. The van der Waals surface area contributed by atoms with Crippen LogP contribution >= 0.6 is 15.9 Å². The lowest BCUT2D eigenvalue weighted by molar-refractivity contribution is 0.0705. The number of terminal acetylenes is 1. The number of ether oxygens (including phenoxy) is 2. The van der Waals surface area contributed by atoms with E-state index >= 15 is 0 Å². The third-order valence-corrected chi connectivity index (χ3v) is 3.20. The van der Waals surface area contributed by atoms with Crippen molar-refractivity contribution in [3.05, 3.63) is 21.0 Å². The molecule has 0 spiro atoms. The summed E-state index contributed by atoms with van der Waals surface area (Å²) in [5.74, 6) is 2.38. The number of hydrogen-bond acceptors (Lipinski definition) is 5. The molecule has 0 bridgehead atoms. The maximum Gasteiger partial charge on any atom is 0.284 e. The predicted octanol–water partition coefficient (Wildman–Crippen LogP) is 1.10. The quantitative estimate of drug-likeness (QED) is 0.537. The van der Waals surface area contributed by atoms with Gasteiger partial charge in [-0.25, -0.2) is 4.68 Å². The largest absolute Gasteiger partial charge is 0.383 e. The molecule has 1 aromatic rings. The lowest BCUT2D eigenvalue weighted by Crippen LogP contribution is -2.24. The Hall–Kier alpha value is -1.36. The maximum absolute atomic E-state index is 11.9. The van der Waals surface area contributed by atoms with Crippen LogP contribution in [0.2, 0.25) is 0 Å². The van der Waals surface area contributed by atoms with Crippen molar-refractivity contribution < 1.29 is 9.47 Å². The summed E-state index contributed by atoms with van der Waals surface area (Å²) >= 11 is 3.25. The van der Waals surface area contributed by atoms with E-state index in [0.717, 1.165) is 6.42 Å². The van der Waals surface area contributed by atoms with Crippen molar-refractivity contribution in [2.45, 2.75) is 13.0 Å². The van der Waals surface area contributed by atoms with Gasteiger partial charge in [-0.2, -0.15) is 5.10 Å². The maximum atomic E-state index is 11.9. The average molecular weight is 344 g/mol. The summed E-state index contributed by atoms with van der Waals surface area (Å²) < 4.78 is 11.9. The smallest absolute Gasteiger partial charge is 0.284 e. The summed E-state index contributed by atoms with van der Waals surface area (Å²) in [5.41, 5.74) is 0.407. The van der Waals surface area contributed by atoms with Gasteiger partial charge in [-0.15, -0.1) is 6.42 Å². The van der Waals surface area contributed by atoms with Crippen LogP contribution in [0.15, 0.2) is 15.5 Å². The fraction of sp³-hybridized carbons (Fsp3) is 0.538. The molecular weight excluding hydrogens is 326 g/mol. The SMILES string of the molecule is C#CCn1ncc(NCCCOCCOC)c(Br)c1=O. The molecule has 1 N–H and O–H groups in total. The molecule has 0 saturated heterocycles. The molecule has 0 aromatic carbocycles. The van der Waals surface area contributed by atoms with Gasteiger partial charge in [-0.05, 0) is 22.4 Å². The number of hydrogen-bond donors (Lipinski definition) is 1. The lowest BCUT2D eigenvalue weighted by Gasteiger charge is -2.09. The van der Waals surface area contributed by atoms with Gasteiger partial charge in [-0.3, -0.25) is 4.79 Å². The Labute approximate surface area is 126 Å². The molecule has 1 heterocycles. The Balaban J connectivity index is 2.40. The van der Waals surface area contributed by atoms with Gasteiger partial charge in [0.25, 0.3) is 5.56 Å². The molecular formula is C13H18BrN3O3. The van der Waals surface area contributed by atoms with Gasteiger partial charge in [0.2, 0.25) is 0 Å². The Bertz CT molecular complexity index is 511. The predicted molar refractivity (Wildman–Crippen MR) is 80.8 cm³/mol. The van der Waals surface area contributed by atoms with Crippen LogP contribution in [-0.2, 0) is 16.0 Å². The Morgan fingerprint density at radius 1 is 1.50 bits per heavy atom. The average Bonchev–Trinajstić information content (AvgIpc) is 2.45. The minimum atomic E-state index is -0.246. The van der Waals surface area contributed by atoms with E-state index in [9.17, 15) is 4.79 Å². The molecule has 20 heavy (non-hydrogen) atoms. The molecule has 0 atom stereocenters. The number of nitrogens with zero attached hydrogens (tertiary/aromatic N) is 2. The highest BCUT2D eigenvalue weighted by Crippen LogP contribution is 2.15. The van der Waals surface area contributed by atoms with E-state index in [4.69, 9.17) is 15.9 Å². The van der Waals surface area contributed by atoms with Gasteiger partial charge in [0.15, 0.2) is 0 Å². The van der Waals surface area contributed by atoms with Gasteiger partial charge >= 0.3 is 0 Å². The number of halogens is 1. The molecule has 0 aliphatic rings. The monoisotopic (exact) mass is 343 g/mol. The molecule has 6 nitrogen and oxygen atoms in total. The molecule has 1 aromatic heterocycles. The zero-order chi connectivity index (χ0) is 14.8. The van der Waals surface area contributed by atoms with Gasteiger partial charge in [-0.1, -0.05) is 5.92 Å². The van der Waals surface area contributed by atoms with E-state index in [-0.39, 0.29) is 12.1 Å². The van der Waals surface area contributed by atoms with Crippen molar-refractivity contribution >= 4 is 21.6 Å². The molecule has 0 amide bonds. The van der Waals surface area contributed by atoms with E-state index in [2.05, 4.69) is 32.3 Å². The Kier molecular flexibility index (Phi) is 7.95. The zero-order valence-corrected chi connectivity index (χ0v) is 13.0. The topological polar surface area (TPSA) is 65.4 Å². The van der Waals surface area contributed by atoms with E-state index in [1.807, 2.05) is 0 Å². The molecule has 0 saturated carbocycles. The number of aromatic nitrogens is 2. The fourth-order valence-electron chi connectivity index (χ4n) is 1.43. The van der Waals surface area contributed by atoms with Crippen molar-refractivity contribution in [3.8, 4) is 12.3 Å². The highest BCUT2D eigenvalue weighted by atomic mass is 79.9. The summed E-state index contributed by atoms with van der Waals surface area (Å²) in [4.78, 5) is 11.9. The first-order chi connectivity index (χ1) is 9.70. The highest BCUT2D eigenvalue weighted by molar-refractivity contribution is 9.10. The van der Waals surface area contributed by atoms with Crippen LogP contribution in [0.3, 0.4) is 0 Å². The normalized spacial score (nSPS) is 10.2. The summed E-state index contributed by atoms with van der Waals surface area (Å²) in [6.45, 7) is 2.66. The number of methoxy groups -OCH3 is 1. The lowest BCUT2D eigenvalue weighted by atomic mass is 10.4. The summed E-state index contributed by atoms with van der Waals surface area (Å²) in [6, 6.07) is 0. The van der Waals surface area contributed by atoms with Crippen LogP contribution < -0.4 is 10.9 Å². The summed E-state index contributed by atoms with van der Waals surface area (Å²) in [5, 5.41) is 7.12. The third kappa shape index (κ3) is 5.33. The van der Waals surface area contributed by atoms with E-state index < -0.39 is 0 Å². The molecule has 0 unspecified atom stereocenters. The van der Waals surface area contributed by atoms with Crippen LogP contribution in [0, 0.1) is 12.3 Å². The second kappa shape index (κ2) is 9.53. The van der Waals surface area contributed by atoms with Crippen LogP contribution in [0.4, 0.5) is 5.69 Å². The van der Waals surface area contributed by atoms with Crippen molar-refractivity contribution in [1.29, 1.82) is 0 Å². The van der Waals surface area contributed by atoms with E-state index in [0.29, 0.717) is 36.5 Å². The van der Waals surface area contributed by atoms with Crippen molar-refractivity contribution in [3.63, 3.8) is 0 Å². The molecule has 7 heteroatoms. The van der Waals surface area contributed by atoms with Crippen LogP contribution in [-0.4, -0.2) is 43.3 Å². The molecule has 0 aliphatic heterocycles. The molecule has 1 rings (SSSR count). The first-order valence-electron chi connectivity index (χ1n) is 6.20. The van der Waals surface area contributed by atoms with Gasteiger partial charge in [0.1, 0.15) is 11.0 Å². The molecule has 0 aliphatic carbocycles. The minimum Gasteiger partial charge on any atom is -0.383 e. The molecule has 0 radical (unpaired) electrons. The number of rotatable bonds is 9. The third-order valence-electron chi connectivity index (χ3n) is 2.44. The van der Waals surface area contributed by atoms with Crippen LogP contribution in [0.25, 0.3) is 0 Å². The van der Waals surface area contributed by atoms with Crippen LogP contribution in [0.5, 0.6) is 0 Å². The summed E-state index contributed by atoms with van der Waals surface area (Å²) in [7, 11) is 1.64. The number of anilines is 1. The Morgan fingerprint density at radius 2 is 2.30 bits per heavy atom. The van der Waals surface area contributed by atoms with E-state index in [1.165, 1.54) is 4.68 Å². The molecule has 110 valence electrons. The van der Waals surface area contributed by atoms with Crippen molar-refractivity contribution in [1.82, 2.24) is 9.78 Å². The summed E-state index contributed by atoms with van der Waals surface area (Å²) in [6.07, 6.45) is 7.56. The van der Waals surface area contributed by atoms with Crippen molar-refractivity contribution in [2.75, 3.05) is 38.8 Å². The Morgan fingerprint density at radius 3 is 3.00 bits per heavy atom. The fourth-order valence-corrected chi connectivity index (χ4v) is 1.88. The second-order valence-electron chi connectivity index (χ2n) is 3.92. The first-order valence-corrected chi connectivity index (χ1v) is 6.99. The van der Waals surface area contributed by atoms with Crippen molar-refractivity contribution in [2.24, 2.45) is 0 Å². The van der Waals surface area contributed by atoms with Gasteiger partial charge in [0, 0.05) is 20.3 Å². The highest BCUT2D eigenvalue weighted by Gasteiger charge is 2.07. The van der Waals surface area contributed by atoms with Crippen LogP contribution in [0.1, 0.15) is 6.42 Å². The standard InChI is InChI=1S/C13H18BrN3O3/c1-3-6-17-13(18)12(14)11(10-16-17)15-5-4-7-20-9-8-19-2/h1,10,15H,4-9H2,2H3. The number of nitrogens with one attached hydrogen (secondary N) is 1. The van der Waals surface area contributed by atoms with E-state index in [1.54, 1.807) is 13.3 Å². The minimum absolute atomic E-state index is 0.158. The van der Waals surface area contributed by atoms with Gasteiger partial charge < -0.3 is 14.8 Å². The van der Waals surface area contributed by atoms with Gasteiger partial charge in [0.05, 0.1) is 25.1 Å². The first kappa shape index (κ1) is 16.7. The second-order valence-corrected chi connectivity index (χ2v) is 4.72.